The molecule has 5 heteroatoms. The zero-order valence-electron chi connectivity index (χ0n) is 17.4. The number of H-pyrrole nitrogens is 1. The van der Waals surface area contributed by atoms with Crippen molar-refractivity contribution in [2.45, 2.75) is 26.1 Å². The highest BCUT2D eigenvalue weighted by molar-refractivity contribution is 5.94. The number of amides is 2. The first-order valence-corrected chi connectivity index (χ1v) is 10.3. The summed E-state index contributed by atoms with van der Waals surface area (Å²) in [5, 5.41) is 3.96. The number of benzene rings is 3. The standard InChI is InChI=1S/C26H25N3O2/c1-19(30)29(18-21-12-6-3-7-13-21)25(23-17-27-24-15-9-8-14-22(23)24)26(31)28-16-20-10-4-2-5-11-20/h2-15,17,25,27H,16,18H2,1H3,(H,28,31). The van der Waals surface area contributed by atoms with E-state index in [9.17, 15) is 9.59 Å². The van der Waals surface area contributed by atoms with Gasteiger partial charge in [-0.1, -0.05) is 78.9 Å². The highest BCUT2D eigenvalue weighted by Crippen LogP contribution is 2.30. The Balaban J connectivity index is 1.70. The molecule has 0 bridgehead atoms. The summed E-state index contributed by atoms with van der Waals surface area (Å²) < 4.78 is 0. The van der Waals surface area contributed by atoms with Crippen LogP contribution in [0.5, 0.6) is 0 Å². The van der Waals surface area contributed by atoms with Crippen LogP contribution in [-0.4, -0.2) is 21.7 Å². The van der Waals surface area contributed by atoms with Crippen LogP contribution in [0.2, 0.25) is 0 Å². The van der Waals surface area contributed by atoms with Crippen molar-refractivity contribution in [3.8, 4) is 0 Å². The van der Waals surface area contributed by atoms with Crippen molar-refractivity contribution >= 4 is 22.7 Å². The van der Waals surface area contributed by atoms with Gasteiger partial charge in [-0.05, 0) is 17.2 Å². The van der Waals surface area contributed by atoms with E-state index >= 15 is 0 Å². The normalized spacial score (nSPS) is 11.8. The zero-order chi connectivity index (χ0) is 21.6. The largest absolute Gasteiger partial charge is 0.361 e. The first-order valence-electron chi connectivity index (χ1n) is 10.3. The Morgan fingerprint density at radius 3 is 2.16 bits per heavy atom. The molecule has 0 saturated carbocycles. The van der Waals surface area contributed by atoms with E-state index in [1.165, 1.54) is 6.92 Å². The molecule has 0 saturated heterocycles. The molecule has 0 fully saturated rings. The Hall–Kier alpha value is -3.86. The Morgan fingerprint density at radius 2 is 1.48 bits per heavy atom. The number of nitrogens with one attached hydrogen (secondary N) is 2. The van der Waals surface area contributed by atoms with Crippen LogP contribution in [0, 0.1) is 0 Å². The van der Waals surface area contributed by atoms with Crippen LogP contribution in [0.3, 0.4) is 0 Å². The summed E-state index contributed by atoms with van der Waals surface area (Å²) in [5.74, 6) is -0.367. The van der Waals surface area contributed by atoms with Crippen molar-refractivity contribution in [2.24, 2.45) is 0 Å². The molecule has 4 aromatic rings. The predicted octanol–water partition coefficient (Wildman–Crippen LogP) is 4.57. The number of aromatic amines is 1. The van der Waals surface area contributed by atoms with Crippen LogP contribution in [0.25, 0.3) is 10.9 Å². The molecular weight excluding hydrogens is 386 g/mol. The minimum atomic E-state index is -0.752. The van der Waals surface area contributed by atoms with Gasteiger partial charge in [-0.25, -0.2) is 0 Å². The van der Waals surface area contributed by atoms with Crippen LogP contribution < -0.4 is 5.32 Å². The van der Waals surface area contributed by atoms with Gasteiger partial charge in [0, 0.05) is 42.7 Å². The monoisotopic (exact) mass is 411 g/mol. The van der Waals surface area contributed by atoms with Gasteiger partial charge < -0.3 is 15.2 Å². The third-order valence-electron chi connectivity index (χ3n) is 5.39. The van der Waals surface area contributed by atoms with Gasteiger partial charge in [0.15, 0.2) is 0 Å². The van der Waals surface area contributed by atoms with Crippen LogP contribution in [0.4, 0.5) is 0 Å². The molecule has 156 valence electrons. The quantitative estimate of drug-likeness (QED) is 0.468. The second-order valence-electron chi connectivity index (χ2n) is 7.53. The molecule has 1 atom stereocenters. The number of nitrogens with zero attached hydrogens (tertiary/aromatic N) is 1. The van der Waals surface area contributed by atoms with E-state index in [2.05, 4.69) is 10.3 Å². The van der Waals surface area contributed by atoms with Crippen molar-refractivity contribution in [1.82, 2.24) is 15.2 Å². The summed E-state index contributed by atoms with van der Waals surface area (Å²) in [6, 6.07) is 26.6. The minimum Gasteiger partial charge on any atom is -0.361 e. The molecule has 1 aromatic heterocycles. The molecule has 0 radical (unpaired) electrons. The molecule has 0 aliphatic rings. The molecule has 5 nitrogen and oxygen atoms in total. The summed E-state index contributed by atoms with van der Waals surface area (Å²) in [6.07, 6.45) is 1.83. The number of carbonyl (C=O) groups excluding carboxylic acids is 2. The Labute approximate surface area is 181 Å². The SMILES string of the molecule is CC(=O)N(Cc1ccccc1)C(C(=O)NCc1ccccc1)c1c[nH]c2ccccc12. The smallest absolute Gasteiger partial charge is 0.247 e. The number of para-hydroxylation sites is 1. The summed E-state index contributed by atoms with van der Waals surface area (Å²) >= 11 is 0. The summed E-state index contributed by atoms with van der Waals surface area (Å²) in [5.41, 5.74) is 3.69. The van der Waals surface area contributed by atoms with Gasteiger partial charge >= 0.3 is 0 Å². The molecule has 4 rings (SSSR count). The maximum absolute atomic E-state index is 13.5. The maximum Gasteiger partial charge on any atom is 0.247 e. The first kappa shape index (κ1) is 20.4. The van der Waals surface area contributed by atoms with Crippen LogP contribution in [-0.2, 0) is 22.7 Å². The summed E-state index contributed by atoms with van der Waals surface area (Å²) in [7, 11) is 0. The minimum absolute atomic E-state index is 0.158. The Morgan fingerprint density at radius 1 is 0.871 bits per heavy atom. The molecule has 1 heterocycles. The molecular formula is C26H25N3O2. The molecule has 1 unspecified atom stereocenters. The van der Waals surface area contributed by atoms with E-state index in [1.54, 1.807) is 4.90 Å². The zero-order valence-corrected chi connectivity index (χ0v) is 17.4. The van der Waals surface area contributed by atoms with Gasteiger partial charge in [-0.2, -0.15) is 0 Å². The lowest BCUT2D eigenvalue weighted by Crippen LogP contribution is -2.42. The van der Waals surface area contributed by atoms with Gasteiger partial charge in [0.25, 0.3) is 0 Å². The van der Waals surface area contributed by atoms with Crippen LogP contribution >= 0.6 is 0 Å². The lowest BCUT2D eigenvalue weighted by Gasteiger charge is -2.30. The average Bonchev–Trinajstić information content (AvgIpc) is 3.22. The average molecular weight is 412 g/mol. The molecule has 3 aromatic carbocycles. The molecule has 2 N–H and O–H groups in total. The van der Waals surface area contributed by atoms with E-state index in [0.717, 1.165) is 27.6 Å². The predicted molar refractivity (Wildman–Crippen MR) is 122 cm³/mol. The number of hydrogen-bond acceptors (Lipinski definition) is 2. The van der Waals surface area contributed by atoms with Crippen LogP contribution in [0.15, 0.2) is 91.1 Å². The third kappa shape index (κ3) is 4.67. The fourth-order valence-electron chi connectivity index (χ4n) is 3.82. The number of aromatic nitrogens is 1. The number of carbonyl (C=O) groups is 2. The highest BCUT2D eigenvalue weighted by atomic mass is 16.2. The fraction of sp³-hybridized carbons (Fsp3) is 0.154. The molecule has 2 amide bonds. The topological polar surface area (TPSA) is 65.2 Å². The fourth-order valence-corrected chi connectivity index (χ4v) is 3.82. The van der Waals surface area contributed by atoms with E-state index in [1.807, 2.05) is 91.1 Å². The van der Waals surface area contributed by atoms with Crippen molar-refractivity contribution in [3.63, 3.8) is 0 Å². The second kappa shape index (κ2) is 9.30. The van der Waals surface area contributed by atoms with Gasteiger partial charge in [-0.15, -0.1) is 0 Å². The van der Waals surface area contributed by atoms with Gasteiger partial charge in [0.2, 0.25) is 11.8 Å². The lowest BCUT2D eigenvalue weighted by atomic mass is 10.0. The maximum atomic E-state index is 13.5. The highest BCUT2D eigenvalue weighted by Gasteiger charge is 2.31. The van der Waals surface area contributed by atoms with E-state index < -0.39 is 6.04 Å². The molecule has 0 spiro atoms. The lowest BCUT2D eigenvalue weighted by molar-refractivity contribution is -0.140. The summed E-state index contributed by atoms with van der Waals surface area (Å²) in [6.45, 7) is 2.25. The third-order valence-corrected chi connectivity index (χ3v) is 5.39. The van der Waals surface area contributed by atoms with Gasteiger partial charge in [0.05, 0.1) is 0 Å². The second-order valence-corrected chi connectivity index (χ2v) is 7.53. The first-order chi connectivity index (χ1) is 15.1. The van der Waals surface area contributed by atoms with E-state index in [0.29, 0.717) is 13.1 Å². The number of rotatable bonds is 7. The number of hydrogen-bond donors (Lipinski definition) is 2. The Kier molecular flexibility index (Phi) is 6.13. The van der Waals surface area contributed by atoms with Gasteiger partial charge in [-0.3, -0.25) is 9.59 Å². The van der Waals surface area contributed by atoms with Gasteiger partial charge in [0.1, 0.15) is 6.04 Å². The van der Waals surface area contributed by atoms with Crippen LogP contribution in [0.1, 0.15) is 29.7 Å². The van der Waals surface area contributed by atoms with E-state index in [-0.39, 0.29) is 11.8 Å². The molecule has 0 aliphatic carbocycles. The van der Waals surface area contributed by atoms with Crippen molar-refractivity contribution in [1.29, 1.82) is 0 Å². The van der Waals surface area contributed by atoms with Crippen molar-refractivity contribution < 1.29 is 9.59 Å². The van der Waals surface area contributed by atoms with Crippen molar-refractivity contribution in [2.75, 3.05) is 0 Å². The van der Waals surface area contributed by atoms with E-state index in [4.69, 9.17) is 0 Å². The van der Waals surface area contributed by atoms with Crippen molar-refractivity contribution in [3.05, 3.63) is 108 Å². The number of fused-ring (bicyclic) bond motifs is 1. The Bertz CT molecular complexity index is 1170. The summed E-state index contributed by atoms with van der Waals surface area (Å²) in [4.78, 5) is 31.1. The molecule has 31 heavy (non-hydrogen) atoms. The molecule has 0 aliphatic heterocycles.